The molecule has 0 fully saturated rings. The van der Waals surface area contributed by atoms with Crippen molar-refractivity contribution in [2.45, 2.75) is 6.92 Å². The number of aliphatic imine (C=N–C) groups is 1. The molecule has 0 amide bonds. The van der Waals surface area contributed by atoms with Crippen LogP contribution >= 0.6 is 0 Å². The Morgan fingerprint density at radius 1 is 1.17 bits per heavy atom. The third-order valence-electron chi connectivity index (χ3n) is 2.51. The third-order valence-corrected chi connectivity index (χ3v) is 2.51. The van der Waals surface area contributed by atoms with Gasteiger partial charge in [0.05, 0.1) is 5.69 Å². The molecule has 3 nitrogen and oxygen atoms in total. The van der Waals surface area contributed by atoms with E-state index >= 15 is 0 Å². The van der Waals surface area contributed by atoms with Crippen LogP contribution in [-0.4, -0.2) is 17.1 Å². The summed E-state index contributed by atoms with van der Waals surface area (Å²) in [4.78, 5) is 15.4. The second-order valence-electron chi connectivity index (χ2n) is 3.96. The molecular formula is C15H13NO2. The van der Waals surface area contributed by atoms with Crippen molar-refractivity contribution in [3.8, 4) is 5.75 Å². The molecule has 0 aliphatic rings. The van der Waals surface area contributed by atoms with E-state index in [1.54, 1.807) is 48.7 Å². The van der Waals surface area contributed by atoms with Crippen molar-refractivity contribution >= 4 is 17.7 Å². The molecule has 2 aromatic carbocycles. The van der Waals surface area contributed by atoms with Crippen LogP contribution in [0.5, 0.6) is 5.75 Å². The van der Waals surface area contributed by atoms with Crippen LogP contribution in [0.3, 0.4) is 0 Å². The van der Waals surface area contributed by atoms with Crippen LogP contribution < -0.4 is 0 Å². The Labute approximate surface area is 105 Å². The highest BCUT2D eigenvalue weighted by molar-refractivity contribution is 5.94. The average Bonchev–Trinajstić information content (AvgIpc) is 2.37. The molecular weight excluding hydrogens is 226 g/mol. The number of ketones is 1. The number of aromatic hydroxyl groups is 1. The standard InChI is InChI=1S/C15H13NO2/c1-11(17)13-5-7-14(8-6-13)16-10-12-3-2-4-15(18)9-12/h2-10,18H,1H3. The highest BCUT2D eigenvalue weighted by Gasteiger charge is 1.97. The number of hydrogen-bond acceptors (Lipinski definition) is 3. The van der Waals surface area contributed by atoms with Crippen LogP contribution in [0, 0.1) is 0 Å². The van der Waals surface area contributed by atoms with E-state index in [9.17, 15) is 9.90 Å². The molecule has 0 saturated carbocycles. The van der Waals surface area contributed by atoms with Crippen molar-refractivity contribution in [2.24, 2.45) is 4.99 Å². The molecule has 18 heavy (non-hydrogen) atoms. The lowest BCUT2D eigenvalue weighted by Crippen LogP contribution is -1.89. The molecule has 0 radical (unpaired) electrons. The minimum Gasteiger partial charge on any atom is -0.508 e. The number of carbonyl (C=O) groups excluding carboxylic acids is 1. The Morgan fingerprint density at radius 3 is 2.50 bits per heavy atom. The van der Waals surface area contributed by atoms with Crippen molar-refractivity contribution in [3.05, 3.63) is 59.7 Å². The number of phenolic OH excluding ortho intramolecular Hbond substituents is 1. The molecule has 0 bridgehead atoms. The Hall–Kier alpha value is -2.42. The Balaban J connectivity index is 2.16. The Morgan fingerprint density at radius 2 is 1.89 bits per heavy atom. The van der Waals surface area contributed by atoms with E-state index in [1.165, 1.54) is 6.92 Å². The highest BCUT2D eigenvalue weighted by Crippen LogP contribution is 2.14. The van der Waals surface area contributed by atoms with Gasteiger partial charge in [-0.1, -0.05) is 12.1 Å². The Kier molecular flexibility index (Phi) is 3.53. The molecule has 0 unspecified atom stereocenters. The largest absolute Gasteiger partial charge is 0.508 e. The molecule has 0 spiro atoms. The number of phenols is 1. The van der Waals surface area contributed by atoms with Gasteiger partial charge in [0.2, 0.25) is 0 Å². The van der Waals surface area contributed by atoms with Gasteiger partial charge in [-0.25, -0.2) is 0 Å². The number of benzene rings is 2. The summed E-state index contributed by atoms with van der Waals surface area (Å²) in [6.45, 7) is 1.53. The average molecular weight is 239 g/mol. The monoisotopic (exact) mass is 239 g/mol. The van der Waals surface area contributed by atoms with Gasteiger partial charge in [-0.15, -0.1) is 0 Å². The van der Waals surface area contributed by atoms with Crippen LogP contribution in [0.2, 0.25) is 0 Å². The number of hydrogen-bond donors (Lipinski definition) is 1. The van der Waals surface area contributed by atoms with Gasteiger partial charge in [0, 0.05) is 11.8 Å². The first kappa shape index (κ1) is 12.0. The van der Waals surface area contributed by atoms with Gasteiger partial charge in [-0.3, -0.25) is 9.79 Å². The molecule has 0 aliphatic carbocycles. The van der Waals surface area contributed by atoms with Crippen molar-refractivity contribution in [3.63, 3.8) is 0 Å². The zero-order valence-electron chi connectivity index (χ0n) is 10.00. The number of Topliss-reactive ketones (excluding diaryl/α,β-unsaturated/α-hetero) is 1. The van der Waals surface area contributed by atoms with Crippen molar-refractivity contribution in [2.75, 3.05) is 0 Å². The molecule has 0 atom stereocenters. The third kappa shape index (κ3) is 3.04. The van der Waals surface area contributed by atoms with E-state index in [4.69, 9.17) is 0 Å². The lowest BCUT2D eigenvalue weighted by molar-refractivity contribution is 0.101. The van der Waals surface area contributed by atoms with Gasteiger partial charge in [0.25, 0.3) is 0 Å². The van der Waals surface area contributed by atoms with Crippen molar-refractivity contribution in [1.82, 2.24) is 0 Å². The predicted octanol–water partition coefficient (Wildman–Crippen LogP) is 3.35. The highest BCUT2D eigenvalue weighted by atomic mass is 16.3. The molecule has 2 aromatic rings. The number of rotatable bonds is 3. The molecule has 0 saturated heterocycles. The molecule has 1 N–H and O–H groups in total. The van der Waals surface area contributed by atoms with Gasteiger partial charge in [-0.05, 0) is 48.9 Å². The fraction of sp³-hybridized carbons (Fsp3) is 0.0667. The van der Waals surface area contributed by atoms with E-state index < -0.39 is 0 Å². The maximum atomic E-state index is 11.1. The lowest BCUT2D eigenvalue weighted by atomic mass is 10.1. The van der Waals surface area contributed by atoms with Crippen molar-refractivity contribution in [1.29, 1.82) is 0 Å². The summed E-state index contributed by atoms with van der Waals surface area (Å²) in [6.07, 6.45) is 1.67. The minimum absolute atomic E-state index is 0.0403. The lowest BCUT2D eigenvalue weighted by Gasteiger charge is -1.97. The Bertz CT molecular complexity index is 586. The summed E-state index contributed by atoms with van der Waals surface area (Å²) in [7, 11) is 0. The van der Waals surface area contributed by atoms with Gasteiger partial charge >= 0.3 is 0 Å². The summed E-state index contributed by atoms with van der Waals surface area (Å²) < 4.78 is 0. The molecule has 0 aromatic heterocycles. The zero-order chi connectivity index (χ0) is 13.0. The predicted molar refractivity (Wildman–Crippen MR) is 71.8 cm³/mol. The fourth-order valence-corrected chi connectivity index (χ4v) is 1.54. The topological polar surface area (TPSA) is 49.7 Å². The van der Waals surface area contributed by atoms with Gasteiger partial charge < -0.3 is 5.11 Å². The SMILES string of the molecule is CC(=O)c1ccc(N=Cc2cccc(O)c2)cc1. The van der Waals surface area contributed by atoms with Gasteiger partial charge in [-0.2, -0.15) is 0 Å². The quantitative estimate of drug-likeness (QED) is 0.659. The summed E-state index contributed by atoms with van der Waals surface area (Å²) in [5, 5.41) is 9.31. The normalized spacial score (nSPS) is 10.7. The van der Waals surface area contributed by atoms with Gasteiger partial charge in [0.1, 0.15) is 5.75 Å². The van der Waals surface area contributed by atoms with Crippen LogP contribution in [-0.2, 0) is 0 Å². The van der Waals surface area contributed by atoms with Gasteiger partial charge in [0.15, 0.2) is 5.78 Å². The maximum Gasteiger partial charge on any atom is 0.159 e. The number of nitrogens with zero attached hydrogens (tertiary/aromatic N) is 1. The van der Waals surface area contributed by atoms with Crippen LogP contribution in [0.1, 0.15) is 22.8 Å². The number of carbonyl (C=O) groups is 1. The second-order valence-corrected chi connectivity index (χ2v) is 3.96. The van der Waals surface area contributed by atoms with Crippen LogP contribution in [0.4, 0.5) is 5.69 Å². The van der Waals surface area contributed by atoms with E-state index in [1.807, 2.05) is 6.07 Å². The maximum absolute atomic E-state index is 11.1. The first-order valence-electron chi connectivity index (χ1n) is 5.59. The molecule has 0 heterocycles. The van der Waals surface area contributed by atoms with Crippen LogP contribution in [0.25, 0.3) is 0 Å². The van der Waals surface area contributed by atoms with E-state index in [2.05, 4.69) is 4.99 Å². The van der Waals surface area contributed by atoms with Crippen LogP contribution in [0.15, 0.2) is 53.5 Å². The first-order valence-corrected chi connectivity index (χ1v) is 5.59. The first-order chi connectivity index (χ1) is 8.65. The summed E-state index contributed by atoms with van der Waals surface area (Å²) in [6, 6.07) is 13.9. The van der Waals surface area contributed by atoms with Crippen molar-refractivity contribution < 1.29 is 9.90 Å². The summed E-state index contributed by atoms with van der Waals surface area (Å²) >= 11 is 0. The summed E-state index contributed by atoms with van der Waals surface area (Å²) in [5.74, 6) is 0.254. The minimum atomic E-state index is 0.0403. The molecule has 2 rings (SSSR count). The van der Waals surface area contributed by atoms with E-state index in [-0.39, 0.29) is 11.5 Å². The van der Waals surface area contributed by atoms with E-state index in [0.29, 0.717) is 5.56 Å². The molecule has 0 aliphatic heterocycles. The molecule has 3 heteroatoms. The second kappa shape index (κ2) is 5.27. The van der Waals surface area contributed by atoms with E-state index in [0.717, 1.165) is 11.3 Å². The smallest absolute Gasteiger partial charge is 0.159 e. The zero-order valence-corrected chi connectivity index (χ0v) is 10.00. The molecule has 90 valence electrons. The fourth-order valence-electron chi connectivity index (χ4n) is 1.54. The summed E-state index contributed by atoms with van der Waals surface area (Å²) in [5.41, 5.74) is 2.26.